The second kappa shape index (κ2) is 6.52. The molecule has 3 rings (SSSR count). The molecule has 2 aromatic carbocycles. The summed E-state index contributed by atoms with van der Waals surface area (Å²) in [6.07, 6.45) is 0. The summed E-state index contributed by atoms with van der Waals surface area (Å²) in [5.74, 6) is 1.15. The number of ether oxygens (including phenoxy) is 2. The van der Waals surface area contributed by atoms with Gasteiger partial charge in [-0.2, -0.15) is 8.75 Å². The van der Waals surface area contributed by atoms with Crippen LogP contribution >= 0.6 is 23.3 Å². The average Bonchev–Trinajstić information content (AvgIpc) is 3.06. The van der Waals surface area contributed by atoms with Crippen molar-refractivity contribution in [1.82, 2.24) is 8.75 Å². The molecule has 0 radical (unpaired) electrons. The molecular weight excluding hydrogens is 336 g/mol. The van der Waals surface area contributed by atoms with E-state index in [1.165, 1.54) is 7.11 Å². The first-order chi connectivity index (χ1) is 11.2. The summed E-state index contributed by atoms with van der Waals surface area (Å²) >= 11 is 7.10. The van der Waals surface area contributed by atoms with Crippen molar-refractivity contribution >= 4 is 40.1 Å². The maximum Gasteiger partial charge on any atom is 0.193 e. The van der Waals surface area contributed by atoms with E-state index in [4.69, 9.17) is 21.1 Å². The molecule has 0 spiro atoms. The van der Waals surface area contributed by atoms with Crippen LogP contribution in [0.3, 0.4) is 0 Å². The first-order valence-corrected chi connectivity index (χ1v) is 8.02. The molecule has 0 fully saturated rings. The SMILES string of the molecule is COc1ccc(C(=O)c2cc3nsnc3cc2CCl)cc1OC. The third-order valence-corrected chi connectivity index (χ3v) is 4.36. The summed E-state index contributed by atoms with van der Waals surface area (Å²) in [4.78, 5) is 12.9. The molecule has 7 heteroatoms. The van der Waals surface area contributed by atoms with Crippen LogP contribution in [0, 0.1) is 0 Å². The molecule has 0 aliphatic carbocycles. The maximum absolute atomic E-state index is 12.9. The van der Waals surface area contributed by atoms with Crippen molar-refractivity contribution in [2.45, 2.75) is 5.88 Å². The van der Waals surface area contributed by atoms with Gasteiger partial charge in [0.15, 0.2) is 17.3 Å². The molecule has 0 aliphatic rings. The number of benzene rings is 2. The van der Waals surface area contributed by atoms with E-state index < -0.39 is 0 Å². The second-order valence-corrected chi connectivity index (χ2v) is 5.59. The molecule has 23 heavy (non-hydrogen) atoms. The van der Waals surface area contributed by atoms with Gasteiger partial charge < -0.3 is 9.47 Å². The number of rotatable bonds is 5. The van der Waals surface area contributed by atoms with E-state index >= 15 is 0 Å². The fraction of sp³-hybridized carbons (Fsp3) is 0.188. The summed E-state index contributed by atoms with van der Waals surface area (Å²) < 4.78 is 18.8. The molecule has 0 saturated carbocycles. The number of ketones is 1. The van der Waals surface area contributed by atoms with Crippen LogP contribution in [0.2, 0.25) is 0 Å². The van der Waals surface area contributed by atoms with Crippen LogP contribution < -0.4 is 9.47 Å². The summed E-state index contributed by atoms with van der Waals surface area (Å²) in [6.45, 7) is 0. The van der Waals surface area contributed by atoms with Crippen LogP contribution in [0.5, 0.6) is 11.5 Å². The Hall–Kier alpha value is -2.18. The van der Waals surface area contributed by atoms with Crippen LogP contribution in [0.25, 0.3) is 11.0 Å². The molecule has 0 atom stereocenters. The fourth-order valence-corrected chi connectivity index (χ4v) is 3.06. The van der Waals surface area contributed by atoms with Gasteiger partial charge in [-0.15, -0.1) is 11.6 Å². The molecule has 0 saturated heterocycles. The summed E-state index contributed by atoms with van der Waals surface area (Å²) in [7, 11) is 3.08. The van der Waals surface area contributed by atoms with E-state index in [0.717, 1.165) is 22.8 Å². The van der Waals surface area contributed by atoms with Gasteiger partial charge >= 0.3 is 0 Å². The zero-order chi connectivity index (χ0) is 16.4. The standard InChI is InChI=1S/C16H13ClN2O3S/c1-21-14-4-3-9(6-15(14)22-2)16(20)11-7-13-12(18-23-19-13)5-10(11)8-17/h3-7H,8H2,1-2H3. The third-order valence-electron chi connectivity index (χ3n) is 3.51. The van der Waals surface area contributed by atoms with E-state index in [9.17, 15) is 4.79 Å². The molecular formula is C16H13ClN2O3S. The van der Waals surface area contributed by atoms with Gasteiger partial charge in [-0.25, -0.2) is 0 Å². The number of fused-ring (bicyclic) bond motifs is 1. The molecule has 0 N–H and O–H groups in total. The van der Waals surface area contributed by atoms with E-state index in [2.05, 4.69) is 8.75 Å². The number of hydrogen-bond acceptors (Lipinski definition) is 6. The Morgan fingerprint density at radius 3 is 2.43 bits per heavy atom. The first kappa shape index (κ1) is 15.7. The van der Waals surface area contributed by atoms with Crippen LogP contribution in [0.15, 0.2) is 30.3 Å². The third kappa shape index (κ3) is 2.87. The topological polar surface area (TPSA) is 61.3 Å². The van der Waals surface area contributed by atoms with Crippen molar-refractivity contribution in [2.75, 3.05) is 14.2 Å². The first-order valence-electron chi connectivity index (χ1n) is 6.75. The maximum atomic E-state index is 12.9. The van der Waals surface area contributed by atoms with E-state index in [-0.39, 0.29) is 11.7 Å². The Balaban J connectivity index is 2.09. The largest absolute Gasteiger partial charge is 0.493 e. The van der Waals surface area contributed by atoms with E-state index in [1.807, 2.05) is 0 Å². The highest BCUT2D eigenvalue weighted by molar-refractivity contribution is 7.00. The molecule has 0 bridgehead atoms. The normalized spacial score (nSPS) is 10.7. The lowest BCUT2D eigenvalue weighted by molar-refractivity contribution is 0.103. The Morgan fingerprint density at radius 2 is 1.78 bits per heavy atom. The van der Waals surface area contributed by atoms with Crippen LogP contribution in [0.1, 0.15) is 21.5 Å². The predicted octanol–water partition coefficient (Wildman–Crippen LogP) is 3.68. The predicted molar refractivity (Wildman–Crippen MR) is 90.0 cm³/mol. The van der Waals surface area contributed by atoms with Gasteiger partial charge in [-0.1, -0.05) is 0 Å². The van der Waals surface area contributed by atoms with Gasteiger partial charge in [0.1, 0.15) is 11.0 Å². The smallest absolute Gasteiger partial charge is 0.193 e. The van der Waals surface area contributed by atoms with E-state index in [0.29, 0.717) is 28.1 Å². The number of carbonyl (C=O) groups excluding carboxylic acids is 1. The van der Waals surface area contributed by atoms with Gasteiger partial charge in [-0.05, 0) is 35.9 Å². The van der Waals surface area contributed by atoms with Gasteiger partial charge in [0.25, 0.3) is 0 Å². The van der Waals surface area contributed by atoms with Crippen molar-refractivity contribution in [3.63, 3.8) is 0 Å². The number of methoxy groups -OCH3 is 2. The van der Waals surface area contributed by atoms with Gasteiger partial charge in [-0.3, -0.25) is 4.79 Å². The average molecular weight is 349 g/mol. The van der Waals surface area contributed by atoms with Crippen LogP contribution in [-0.2, 0) is 5.88 Å². The molecule has 3 aromatic rings. The number of carbonyl (C=O) groups is 1. The Bertz CT molecular complexity index is 879. The number of hydrogen-bond donors (Lipinski definition) is 0. The minimum absolute atomic E-state index is 0.142. The molecule has 5 nitrogen and oxygen atoms in total. The molecule has 0 aliphatic heterocycles. The minimum atomic E-state index is -0.142. The Morgan fingerprint density at radius 1 is 1.09 bits per heavy atom. The van der Waals surface area contributed by atoms with Crippen molar-refractivity contribution in [3.8, 4) is 11.5 Å². The summed E-state index contributed by atoms with van der Waals surface area (Å²) in [5.41, 5.74) is 3.18. The molecule has 0 unspecified atom stereocenters. The van der Waals surface area contributed by atoms with Gasteiger partial charge in [0.2, 0.25) is 0 Å². The van der Waals surface area contributed by atoms with E-state index in [1.54, 1.807) is 37.4 Å². The zero-order valence-electron chi connectivity index (χ0n) is 12.5. The van der Waals surface area contributed by atoms with Crippen molar-refractivity contribution in [1.29, 1.82) is 0 Å². The van der Waals surface area contributed by atoms with Crippen molar-refractivity contribution in [2.24, 2.45) is 0 Å². The van der Waals surface area contributed by atoms with Crippen LogP contribution in [0.4, 0.5) is 0 Å². The number of nitrogens with zero attached hydrogens (tertiary/aromatic N) is 2. The lowest BCUT2D eigenvalue weighted by Crippen LogP contribution is -2.06. The highest BCUT2D eigenvalue weighted by atomic mass is 35.5. The Labute approximate surface area is 142 Å². The quantitative estimate of drug-likeness (QED) is 0.520. The molecule has 1 aromatic heterocycles. The minimum Gasteiger partial charge on any atom is -0.493 e. The molecule has 1 heterocycles. The zero-order valence-corrected chi connectivity index (χ0v) is 14.1. The monoisotopic (exact) mass is 348 g/mol. The summed E-state index contributed by atoms with van der Waals surface area (Å²) in [6, 6.07) is 8.60. The number of alkyl halides is 1. The highest BCUT2D eigenvalue weighted by Crippen LogP contribution is 2.30. The molecule has 118 valence electrons. The van der Waals surface area contributed by atoms with Crippen molar-refractivity contribution < 1.29 is 14.3 Å². The lowest BCUT2D eigenvalue weighted by Gasteiger charge is -2.10. The molecule has 0 amide bonds. The Kier molecular flexibility index (Phi) is 4.45. The lowest BCUT2D eigenvalue weighted by atomic mass is 9.98. The van der Waals surface area contributed by atoms with Crippen molar-refractivity contribution in [3.05, 3.63) is 47.0 Å². The number of halogens is 1. The number of aromatic nitrogens is 2. The van der Waals surface area contributed by atoms with Gasteiger partial charge in [0.05, 0.1) is 25.9 Å². The second-order valence-electron chi connectivity index (χ2n) is 4.79. The summed E-state index contributed by atoms with van der Waals surface area (Å²) in [5, 5.41) is 0. The van der Waals surface area contributed by atoms with Crippen LogP contribution in [-0.4, -0.2) is 28.7 Å². The fourth-order valence-electron chi connectivity index (χ4n) is 2.33. The highest BCUT2D eigenvalue weighted by Gasteiger charge is 2.17. The van der Waals surface area contributed by atoms with Gasteiger partial charge in [0, 0.05) is 17.0 Å².